The molecule has 8 heteroatoms. The van der Waals surface area contributed by atoms with E-state index in [-0.39, 0.29) is 5.41 Å². The Morgan fingerprint density at radius 3 is 2.39 bits per heavy atom. The maximum Gasteiger partial charge on any atom is 0.328 e. The molecule has 0 aromatic heterocycles. The molecule has 0 saturated carbocycles. The Bertz CT molecular complexity index is 1330. The van der Waals surface area contributed by atoms with Crippen LogP contribution in [0.3, 0.4) is 0 Å². The first-order valence-corrected chi connectivity index (χ1v) is 13.3. The van der Waals surface area contributed by atoms with Crippen LogP contribution in [0.4, 0.5) is 14.5 Å². The lowest BCUT2D eigenvalue weighted by Gasteiger charge is -2.42. The fraction of sp³-hybridized carbons (Fsp3) is 0.300. The standard InChI is InChI=1S/C30H29F2NO4S/c1-30(18-36-19-30)17-33(38-26-14-24(31)13-25(32)15-26)27-11-22-3-2-4-23(22)12-28(27)37-16-21-7-5-20(6-8-21)9-10-29(34)35/h5-15H,2-4,16-19H2,1H3,(H,34,35)/b10-9+. The zero-order chi connectivity index (χ0) is 26.7. The van der Waals surface area contributed by atoms with E-state index in [1.807, 2.05) is 24.3 Å². The Morgan fingerprint density at radius 1 is 1.08 bits per heavy atom. The second-order valence-corrected chi connectivity index (χ2v) is 11.3. The van der Waals surface area contributed by atoms with Crippen molar-refractivity contribution in [2.45, 2.75) is 37.7 Å². The van der Waals surface area contributed by atoms with Crippen molar-refractivity contribution in [3.63, 3.8) is 0 Å². The highest BCUT2D eigenvalue weighted by Gasteiger charge is 2.37. The lowest BCUT2D eigenvalue weighted by molar-refractivity contribution is -0.131. The lowest BCUT2D eigenvalue weighted by atomic mass is 9.88. The van der Waals surface area contributed by atoms with Gasteiger partial charge in [0.25, 0.3) is 0 Å². The fourth-order valence-electron chi connectivity index (χ4n) is 4.72. The third-order valence-electron chi connectivity index (χ3n) is 6.71. The topological polar surface area (TPSA) is 59.0 Å². The monoisotopic (exact) mass is 537 g/mol. The molecule has 5 nitrogen and oxygen atoms in total. The number of aryl methyl sites for hydroxylation is 2. The molecule has 38 heavy (non-hydrogen) atoms. The van der Waals surface area contributed by atoms with Crippen molar-refractivity contribution in [2.24, 2.45) is 5.41 Å². The summed E-state index contributed by atoms with van der Waals surface area (Å²) in [6.07, 6.45) is 5.70. The van der Waals surface area contributed by atoms with Gasteiger partial charge in [0.15, 0.2) is 0 Å². The Balaban J connectivity index is 1.43. The van der Waals surface area contributed by atoms with E-state index >= 15 is 0 Å². The number of halogens is 2. The second-order valence-electron chi connectivity index (χ2n) is 10.2. The summed E-state index contributed by atoms with van der Waals surface area (Å²) in [6.45, 7) is 4.32. The number of carboxylic acid groups (broad SMARTS) is 1. The third-order valence-corrected chi connectivity index (χ3v) is 7.71. The van der Waals surface area contributed by atoms with E-state index in [2.05, 4.69) is 23.4 Å². The van der Waals surface area contributed by atoms with Gasteiger partial charge in [0, 0.05) is 29.0 Å². The van der Waals surface area contributed by atoms with Gasteiger partial charge >= 0.3 is 5.97 Å². The predicted molar refractivity (Wildman–Crippen MR) is 144 cm³/mol. The molecule has 1 saturated heterocycles. The van der Waals surface area contributed by atoms with Crippen LogP contribution in [-0.4, -0.2) is 30.8 Å². The molecule has 0 spiro atoms. The summed E-state index contributed by atoms with van der Waals surface area (Å²) in [5.74, 6) is -1.50. The average Bonchev–Trinajstić information content (AvgIpc) is 3.32. The highest BCUT2D eigenvalue weighted by atomic mass is 32.2. The van der Waals surface area contributed by atoms with E-state index in [1.54, 1.807) is 6.08 Å². The molecule has 0 atom stereocenters. The van der Waals surface area contributed by atoms with Gasteiger partial charge in [-0.3, -0.25) is 0 Å². The average molecular weight is 538 g/mol. The number of benzene rings is 3. The molecule has 2 aliphatic rings. The third kappa shape index (κ3) is 6.37. The highest BCUT2D eigenvalue weighted by Crippen LogP contribution is 2.43. The number of rotatable bonds is 10. The van der Waals surface area contributed by atoms with Gasteiger partial charge in [-0.25, -0.2) is 13.6 Å². The van der Waals surface area contributed by atoms with Gasteiger partial charge in [0.2, 0.25) is 0 Å². The minimum Gasteiger partial charge on any atom is -0.487 e. The minimum atomic E-state index is -0.993. The van der Waals surface area contributed by atoms with Gasteiger partial charge in [0.1, 0.15) is 24.0 Å². The number of hydrogen-bond donors (Lipinski definition) is 1. The number of aliphatic carboxylic acids is 1. The van der Waals surface area contributed by atoms with Crippen LogP contribution in [0.2, 0.25) is 0 Å². The van der Waals surface area contributed by atoms with Crippen molar-refractivity contribution in [3.05, 3.63) is 94.6 Å². The van der Waals surface area contributed by atoms with Crippen molar-refractivity contribution in [3.8, 4) is 5.75 Å². The molecule has 0 amide bonds. The summed E-state index contributed by atoms with van der Waals surface area (Å²) >= 11 is 1.30. The van der Waals surface area contributed by atoms with Crippen molar-refractivity contribution in [2.75, 3.05) is 24.1 Å². The molecule has 3 aromatic rings. The summed E-state index contributed by atoms with van der Waals surface area (Å²) in [7, 11) is 0. The highest BCUT2D eigenvalue weighted by molar-refractivity contribution is 8.00. The molecule has 1 fully saturated rings. The summed E-state index contributed by atoms with van der Waals surface area (Å²) in [4.78, 5) is 11.2. The quantitative estimate of drug-likeness (QED) is 0.230. The zero-order valence-electron chi connectivity index (χ0n) is 21.1. The second kappa shape index (κ2) is 11.2. The largest absolute Gasteiger partial charge is 0.487 e. The van der Waals surface area contributed by atoms with Crippen LogP contribution in [0.5, 0.6) is 5.75 Å². The number of hydrogen-bond acceptors (Lipinski definition) is 5. The molecule has 1 aliphatic carbocycles. The van der Waals surface area contributed by atoms with Crippen molar-refractivity contribution in [1.29, 1.82) is 0 Å². The number of carbonyl (C=O) groups is 1. The Kier molecular flexibility index (Phi) is 7.72. The molecule has 1 heterocycles. The Morgan fingerprint density at radius 2 is 1.76 bits per heavy atom. The summed E-state index contributed by atoms with van der Waals surface area (Å²) in [5.41, 5.74) is 5.04. The van der Waals surface area contributed by atoms with Crippen LogP contribution in [0.15, 0.2) is 65.6 Å². The van der Waals surface area contributed by atoms with Gasteiger partial charge in [0.05, 0.1) is 18.9 Å². The van der Waals surface area contributed by atoms with Crippen molar-refractivity contribution < 1.29 is 28.2 Å². The van der Waals surface area contributed by atoms with Crippen molar-refractivity contribution in [1.82, 2.24) is 0 Å². The van der Waals surface area contributed by atoms with E-state index in [0.717, 1.165) is 48.2 Å². The molecule has 0 radical (unpaired) electrons. The summed E-state index contributed by atoms with van der Waals surface area (Å²) in [5, 5.41) is 8.83. The van der Waals surface area contributed by atoms with Crippen LogP contribution >= 0.6 is 11.9 Å². The van der Waals surface area contributed by atoms with Crippen LogP contribution < -0.4 is 9.04 Å². The number of carboxylic acids is 1. The molecule has 0 unspecified atom stereocenters. The molecule has 0 bridgehead atoms. The zero-order valence-corrected chi connectivity index (χ0v) is 21.9. The molecular weight excluding hydrogens is 508 g/mol. The first kappa shape index (κ1) is 26.3. The van der Waals surface area contributed by atoms with Crippen LogP contribution in [0, 0.1) is 17.0 Å². The van der Waals surface area contributed by atoms with E-state index in [4.69, 9.17) is 14.6 Å². The summed E-state index contributed by atoms with van der Waals surface area (Å²) in [6, 6.07) is 15.3. The fourth-order valence-corrected chi connectivity index (χ4v) is 5.92. The van der Waals surface area contributed by atoms with E-state index in [1.165, 1.54) is 35.2 Å². The van der Waals surface area contributed by atoms with E-state index < -0.39 is 17.6 Å². The molecule has 1 aliphatic heterocycles. The Labute approximate surface area is 225 Å². The first-order valence-electron chi connectivity index (χ1n) is 12.5. The minimum absolute atomic E-state index is 0.0888. The maximum absolute atomic E-state index is 14.0. The predicted octanol–water partition coefficient (Wildman–Crippen LogP) is 6.68. The van der Waals surface area contributed by atoms with Crippen LogP contribution in [0.25, 0.3) is 6.08 Å². The number of ether oxygens (including phenoxy) is 2. The lowest BCUT2D eigenvalue weighted by Crippen LogP contribution is -2.47. The van der Waals surface area contributed by atoms with Crippen LogP contribution in [-0.2, 0) is 29.0 Å². The maximum atomic E-state index is 14.0. The summed E-state index contributed by atoms with van der Waals surface area (Å²) < 4.78 is 42.0. The molecule has 1 N–H and O–H groups in total. The SMILES string of the molecule is CC1(CN(Sc2cc(F)cc(F)c2)c2cc3c(cc2OCc2ccc(/C=C/C(=O)O)cc2)CCC3)COC1. The van der Waals surface area contributed by atoms with Crippen molar-refractivity contribution >= 4 is 29.7 Å². The number of anilines is 1. The smallest absolute Gasteiger partial charge is 0.328 e. The van der Waals surface area contributed by atoms with Gasteiger partial charge in [-0.15, -0.1) is 0 Å². The van der Waals surface area contributed by atoms with E-state index in [0.29, 0.717) is 37.0 Å². The Hall–Kier alpha value is -3.36. The van der Waals surface area contributed by atoms with Gasteiger partial charge in [-0.2, -0.15) is 0 Å². The molecular formula is C30H29F2NO4S. The van der Waals surface area contributed by atoms with Crippen LogP contribution in [0.1, 0.15) is 35.6 Å². The number of nitrogens with zero attached hydrogens (tertiary/aromatic N) is 1. The van der Waals surface area contributed by atoms with Gasteiger partial charge < -0.3 is 18.9 Å². The van der Waals surface area contributed by atoms with Gasteiger partial charge in [-0.1, -0.05) is 31.2 Å². The number of fused-ring (bicyclic) bond motifs is 1. The normalized spacial score (nSPS) is 15.8. The molecule has 198 valence electrons. The molecule has 5 rings (SSSR count). The molecule has 3 aromatic carbocycles. The van der Waals surface area contributed by atoms with Gasteiger partial charge in [-0.05, 0) is 83.8 Å². The first-order chi connectivity index (χ1) is 18.3. The van der Waals surface area contributed by atoms with E-state index in [9.17, 15) is 13.6 Å².